The van der Waals surface area contributed by atoms with Crippen molar-refractivity contribution in [2.24, 2.45) is 0 Å². The summed E-state index contributed by atoms with van der Waals surface area (Å²) in [4.78, 5) is 34.3. The first-order chi connectivity index (χ1) is 14.2. The molecular formula is C23H26Cl2N4O2. The molecule has 164 valence electrons. The predicted molar refractivity (Wildman–Crippen MR) is 127 cm³/mol. The van der Waals surface area contributed by atoms with Crippen molar-refractivity contribution in [1.29, 1.82) is 0 Å². The van der Waals surface area contributed by atoms with Crippen molar-refractivity contribution < 1.29 is 9.59 Å². The fraction of sp³-hybridized carbons (Fsp3) is 0.348. The molecule has 2 saturated heterocycles. The third-order valence-corrected chi connectivity index (χ3v) is 6.09. The molecule has 1 aromatic heterocycles. The first-order valence-corrected chi connectivity index (χ1v) is 10.3. The zero-order chi connectivity index (χ0) is 19.8. The summed E-state index contributed by atoms with van der Waals surface area (Å²) in [7, 11) is 0. The predicted octanol–water partition coefficient (Wildman–Crippen LogP) is 3.27. The molecule has 3 aromatic rings. The highest BCUT2D eigenvalue weighted by Gasteiger charge is 2.32. The van der Waals surface area contributed by atoms with Crippen molar-refractivity contribution >= 4 is 58.3 Å². The van der Waals surface area contributed by atoms with Gasteiger partial charge in [-0.2, -0.15) is 0 Å². The van der Waals surface area contributed by atoms with Gasteiger partial charge in [-0.05, 0) is 35.7 Å². The van der Waals surface area contributed by atoms with E-state index >= 15 is 0 Å². The number of halogens is 2. The Morgan fingerprint density at radius 2 is 1.87 bits per heavy atom. The second kappa shape index (κ2) is 9.81. The summed E-state index contributed by atoms with van der Waals surface area (Å²) < 4.78 is 0. The van der Waals surface area contributed by atoms with Gasteiger partial charge in [-0.15, -0.1) is 24.8 Å². The lowest BCUT2D eigenvalue weighted by Gasteiger charge is -2.41. The maximum atomic E-state index is 13.5. The summed E-state index contributed by atoms with van der Waals surface area (Å²) >= 11 is 0. The smallest absolute Gasteiger partial charge is 0.256 e. The van der Waals surface area contributed by atoms with Gasteiger partial charge in [0.2, 0.25) is 5.91 Å². The Morgan fingerprint density at radius 1 is 1.06 bits per heavy atom. The standard InChI is InChI=1S/C23H24N4O2.2ClH/c28-21-14-24-10-12-27(21)17-6-4-11-26(15-17)23(29)20-13-16-5-1-2-7-18(16)19-8-3-9-25-22(19)20;;/h1-3,5,7-9,13,17,24H,4,6,10-12,14-15H2;2*1H. The molecule has 0 spiro atoms. The Hall–Kier alpha value is -2.41. The topological polar surface area (TPSA) is 65.5 Å². The van der Waals surface area contributed by atoms with Crippen LogP contribution in [-0.2, 0) is 4.79 Å². The van der Waals surface area contributed by atoms with Crippen molar-refractivity contribution in [3.05, 3.63) is 54.2 Å². The molecule has 0 bridgehead atoms. The average Bonchev–Trinajstić information content (AvgIpc) is 2.78. The second-order valence-corrected chi connectivity index (χ2v) is 7.86. The molecule has 5 rings (SSSR count). The molecule has 2 aliphatic rings. The van der Waals surface area contributed by atoms with Crippen LogP contribution < -0.4 is 5.32 Å². The molecule has 8 heteroatoms. The van der Waals surface area contributed by atoms with Gasteiger partial charge in [0.1, 0.15) is 0 Å². The number of likely N-dealkylation sites (tertiary alicyclic amines) is 1. The van der Waals surface area contributed by atoms with E-state index in [0.29, 0.717) is 25.2 Å². The van der Waals surface area contributed by atoms with Crippen LogP contribution in [0, 0.1) is 0 Å². The fourth-order valence-electron chi connectivity index (χ4n) is 4.66. The molecule has 0 radical (unpaired) electrons. The van der Waals surface area contributed by atoms with E-state index in [2.05, 4.69) is 16.4 Å². The molecule has 3 heterocycles. The maximum absolute atomic E-state index is 13.5. The van der Waals surface area contributed by atoms with Crippen LogP contribution in [0.5, 0.6) is 0 Å². The summed E-state index contributed by atoms with van der Waals surface area (Å²) in [6, 6.07) is 14.1. The highest BCUT2D eigenvalue weighted by Crippen LogP contribution is 2.29. The minimum Gasteiger partial charge on any atom is -0.337 e. The van der Waals surface area contributed by atoms with E-state index in [1.807, 2.05) is 46.2 Å². The van der Waals surface area contributed by atoms with Gasteiger partial charge in [-0.25, -0.2) is 0 Å². The summed E-state index contributed by atoms with van der Waals surface area (Å²) in [5.41, 5.74) is 1.39. The van der Waals surface area contributed by atoms with Gasteiger partial charge in [-0.1, -0.05) is 30.3 Å². The van der Waals surface area contributed by atoms with Gasteiger partial charge in [0.05, 0.1) is 17.6 Å². The Labute approximate surface area is 193 Å². The molecule has 1 N–H and O–H groups in total. The number of pyridine rings is 1. The molecule has 2 aliphatic heterocycles. The molecule has 2 fully saturated rings. The first kappa shape index (κ1) is 23.3. The molecule has 1 atom stereocenters. The van der Waals surface area contributed by atoms with Crippen molar-refractivity contribution in [2.45, 2.75) is 18.9 Å². The number of hydrogen-bond acceptors (Lipinski definition) is 4. The van der Waals surface area contributed by atoms with Crippen LogP contribution in [0.2, 0.25) is 0 Å². The average molecular weight is 461 g/mol. The minimum absolute atomic E-state index is 0. The Morgan fingerprint density at radius 3 is 2.71 bits per heavy atom. The Kier molecular flexibility index (Phi) is 7.36. The molecule has 2 aromatic carbocycles. The molecule has 31 heavy (non-hydrogen) atoms. The lowest BCUT2D eigenvalue weighted by Crippen LogP contribution is -2.57. The SMILES string of the molecule is Cl.Cl.O=C(c1cc2ccccc2c2cccnc12)N1CCCC(N2CCNCC2=O)C1. The van der Waals surface area contributed by atoms with E-state index in [1.54, 1.807) is 6.20 Å². The number of nitrogens with one attached hydrogen (secondary N) is 1. The van der Waals surface area contributed by atoms with Crippen molar-refractivity contribution in [3.63, 3.8) is 0 Å². The van der Waals surface area contributed by atoms with Gasteiger partial charge in [0.25, 0.3) is 5.91 Å². The maximum Gasteiger partial charge on any atom is 0.256 e. The number of hydrogen-bond donors (Lipinski definition) is 1. The molecule has 0 saturated carbocycles. The summed E-state index contributed by atoms with van der Waals surface area (Å²) in [6.07, 6.45) is 3.60. The summed E-state index contributed by atoms with van der Waals surface area (Å²) in [6.45, 7) is 3.23. The van der Waals surface area contributed by atoms with Gasteiger partial charge in [0, 0.05) is 43.8 Å². The third-order valence-electron chi connectivity index (χ3n) is 6.09. The van der Waals surface area contributed by atoms with Crippen molar-refractivity contribution in [1.82, 2.24) is 20.1 Å². The number of piperazine rings is 1. The van der Waals surface area contributed by atoms with Gasteiger partial charge in [0.15, 0.2) is 0 Å². The third kappa shape index (κ3) is 4.33. The second-order valence-electron chi connectivity index (χ2n) is 7.86. The largest absolute Gasteiger partial charge is 0.337 e. The number of carbonyl (C=O) groups is 2. The molecule has 2 amide bonds. The van der Waals surface area contributed by atoms with Gasteiger partial charge < -0.3 is 15.1 Å². The van der Waals surface area contributed by atoms with Crippen LogP contribution in [0.4, 0.5) is 0 Å². The minimum atomic E-state index is 0. The summed E-state index contributed by atoms with van der Waals surface area (Å²) in [5, 5.41) is 6.27. The number of rotatable bonds is 2. The number of carbonyl (C=O) groups excluding carboxylic acids is 2. The zero-order valence-electron chi connectivity index (χ0n) is 17.1. The van der Waals surface area contributed by atoms with Crippen LogP contribution in [0.15, 0.2) is 48.7 Å². The quantitative estimate of drug-likeness (QED) is 0.595. The van der Waals surface area contributed by atoms with E-state index in [4.69, 9.17) is 0 Å². The number of nitrogens with zero attached hydrogens (tertiary/aromatic N) is 3. The van der Waals surface area contributed by atoms with E-state index in [1.165, 1.54) is 0 Å². The number of amides is 2. The molecule has 6 nitrogen and oxygen atoms in total. The van der Waals surface area contributed by atoms with E-state index in [9.17, 15) is 9.59 Å². The number of benzene rings is 2. The summed E-state index contributed by atoms with van der Waals surface area (Å²) in [5.74, 6) is 0.139. The van der Waals surface area contributed by atoms with E-state index in [-0.39, 0.29) is 42.7 Å². The van der Waals surface area contributed by atoms with E-state index < -0.39 is 0 Å². The van der Waals surface area contributed by atoms with Crippen LogP contribution in [-0.4, -0.2) is 65.4 Å². The van der Waals surface area contributed by atoms with Crippen molar-refractivity contribution in [3.8, 4) is 0 Å². The zero-order valence-corrected chi connectivity index (χ0v) is 18.8. The van der Waals surface area contributed by atoms with Crippen LogP contribution >= 0.6 is 24.8 Å². The Balaban J connectivity index is 0.00000136. The first-order valence-electron chi connectivity index (χ1n) is 10.3. The van der Waals surface area contributed by atoms with Gasteiger partial charge >= 0.3 is 0 Å². The lowest BCUT2D eigenvalue weighted by atomic mass is 9.98. The highest BCUT2D eigenvalue weighted by molar-refractivity contribution is 6.15. The molecular weight excluding hydrogens is 435 g/mol. The normalized spacial score (nSPS) is 19.1. The molecule has 0 aliphatic carbocycles. The fourth-order valence-corrected chi connectivity index (χ4v) is 4.66. The number of aromatic nitrogens is 1. The van der Waals surface area contributed by atoms with E-state index in [0.717, 1.165) is 47.6 Å². The number of fused-ring (bicyclic) bond motifs is 3. The highest BCUT2D eigenvalue weighted by atomic mass is 35.5. The monoisotopic (exact) mass is 460 g/mol. The van der Waals surface area contributed by atoms with Crippen LogP contribution in [0.1, 0.15) is 23.2 Å². The molecule has 1 unspecified atom stereocenters. The van der Waals surface area contributed by atoms with Crippen LogP contribution in [0.3, 0.4) is 0 Å². The van der Waals surface area contributed by atoms with Crippen LogP contribution in [0.25, 0.3) is 21.7 Å². The van der Waals surface area contributed by atoms with Crippen molar-refractivity contribution in [2.75, 3.05) is 32.7 Å². The number of piperidine rings is 1. The van der Waals surface area contributed by atoms with Gasteiger partial charge in [-0.3, -0.25) is 14.6 Å². The Bertz CT molecular complexity index is 1110. The lowest BCUT2D eigenvalue weighted by molar-refractivity contribution is -0.135.